The minimum Gasteiger partial charge on any atom is -0.356 e. The molecule has 2 aromatic rings. The van der Waals surface area contributed by atoms with Crippen LogP contribution >= 0.6 is 0 Å². The average Bonchev–Trinajstić information content (AvgIpc) is 3.49. The highest BCUT2D eigenvalue weighted by Crippen LogP contribution is 2.32. The molecule has 0 aliphatic carbocycles. The third-order valence-electron chi connectivity index (χ3n) is 8.59. The number of amides is 4. The number of benzene rings is 2. The topological polar surface area (TPSA) is 111 Å². The zero-order valence-corrected chi connectivity index (χ0v) is 26.3. The maximum atomic E-state index is 14.7. The Kier molecular flexibility index (Phi) is 12.8. The van der Waals surface area contributed by atoms with Crippen LogP contribution in [0.3, 0.4) is 0 Å². The van der Waals surface area contributed by atoms with Gasteiger partial charge in [0.25, 0.3) is 0 Å². The molecular formula is C35H49N5O4. The highest BCUT2D eigenvalue weighted by molar-refractivity contribution is 5.91. The lowest BCUT2D eigenvalue weighted by Gasteiger charge is -2.39. The molecule has 9 nitrogen and oxygen atoms in total. The first kappa shape index (κ1) is 33.2. The minimum atomic E-state index is -0.672. The highest BCUT2D eigenvalue weighted by Gasteiger charge is 2.43. The van der Waals surface area contributed by atoms with Crippen molar-refractivity contribution < 1.29 is 19.2 Å². The van der Waals surface area contributed by atoms with E-state index in [4.69, 9.17) is 0 Å². The van der Waals surface area contributed by atoms with Crippen LogP contribution in [0.1, 0.15) is 82.4 Å². The number of carbonyl (C=O) groups excluding carboxylic acids is 4. The van der Waals surface area contributed by atoms with Gasteiger partial charge in [0.1, 0.15) is 12.1 Å². The highest BCUT2D eigenvalue weighted by atomic mass is 16.2. The van der Waals surface area contributed by atoms with E-state index in [9.17, 15) is 19.2 Å². The number of nitrogens with zero attached hydrogens (tertiary/aromatic N) is 2. The molecule has 2 heterocycles. The van der Waals surface area contributed by atoms with E-state index in [1.807, 2.05) is 79.4 Å². The van der Waals surface area contributed by atoms with Crippen molar-refractivity contribution in [3.05, 3.63) is 71.8 Å². The van der Waals surface area contributed by atoms with Gasteiger partial charge in [0, 0.05) is 39.1 Å². The number of hydrogen-bond donors (Lipinski definition) is 3. The van der Waals surface area contributed by atoms with Crippen molar-refractivity contribution in [2.24, 2.45) is 5.92 Å². The van der Waals surface area contributed by atoms with Crippen LogP contribution < -0.4 is 16.0 Å². The summed E-state index contributed by atoms with van der Waals surface area (Å²) in [5.74, 6) is -0.531. The van der Waals surface area contributed by atoms with Gasteiger partial charge in [-0.15, -0.1) is 0 Å². The molecule has 2 fully saturated rings. The summed E-state index contributed by atoms with van der Waals surface area (Å²) in [5.41, 5.74) is 1.79. The summed E-state index contributed by atoms with van der Waals surface area (Å²) in [7, 11) is 0. The average molecular weight is 604 g/mol. The zero-order valence-electron chi connectivity index (χ0n) is 26.3. The van der Waals surface area contributed by atoms with Gasteiger partial charge in [-0.2, -0.15) is 0 Å². The molecule has 2 unspecified atom stereocenters. The monoisotopic (exact) mass is 603 g/mol. The molecule has 2 saturated heterocycles. The van der Waals surface area contributed by atoms with Crippen LogP contribution in [-0.2, 0) is 25.7 Å². The van der Waals surface area contributed by atoms with Gasteiger partial charge in [0.15, 0.2) is 0 Å². The van der Waals surface area contributed by atoms with Crippen LogP contribution in [0.5, 0.6) is 0 Å². The van der Waals surface area contributed by atoms with Crippen molar-refractivity contribution in [3.8, 4) is 0 Å². The molecule has 0 spiro atoms. The van der Waals surface area contributed by atoms with Crippen molar-refractivity contribution in [3.63, 3.8) is 0 Å². The molecule has 3 N–H and O–H groups in total. The van der Waals surface area contributed by atoms with E-state index in [2.05, 4.69) is 16.0 Å². The SMILES string of the molecule is CC(C)C1C(=O)NCCCCCC(=O)NCCCCNC(=O)C(c2ccccc2)N2CCC[C@@H]2C(=O)N1Cc1ccccc1. The lowest BCUT2D eigenvalue weighted by molar-refractivity contribution is -0.148. The molecule has 0 bridgehead atoms. The molecule has 2 aliphatic heterocycles. The Morgan fingerprint density at radius 2 is 1.34 bits per heavy atom. The number of hydrogen-bond acceptors (Lipinski definition) is 5. The van der Waals surface area contributed by atoms with Crippen LogP contribution in [0.15, 0.2) is 60.7 Å². The molecule has 0 saturated carbocycles. The maximum absolute atomic E-state index is 14.7. The lowest BCUT2D eigenvalue weighted by Crippen LogP contribution is -2.57. The Hall–Kier alpha value is -3.72. The van der Waals surface area contributed by atoms with Gasteiger partial charge >= 0.3 is 0 Å². The molecule has 4 amide bonds. The van der Waals surface area contributed by atoms with Gasteiger partial charge in [0.2, 0.25) is 23.6 Å². The Morgan fingerprint density at radius 1 is 0.727 bits per heavy atom. The van der Waals surface area contributed by atoms with Crippen molar-refractivity contribution in [1.82, 2.24) is 25.8 Å². The smallest absolute Gasteiger partial charge is 0.243 e. The van der Waals surface area contributed by atoms with Crippen molar-refractivity contribution in [2.45, 2.75) is 89.9 Å². The van der Waals surface area contributed by atoms with Crippen LogP contribution in [0.2, 0.25) is 0 Å². The lowest BCUT2D eigenvalue weighted by atomic mass is 9.98. The minimum absolute atomic E-state index is 0.0307. The zero-order chi connectivity index (χ0) is 31.3. The summed E-state index contributed by atoms with van der Waals surface area (Å²) in [6.45, 7) is 6.40. The molecule has 0 radical (unpaired) electrons. The van der Waals surface area contributed by atoms with E-state index in [0.29, 0.717) is 45.6 Å². The Bertz CT molecular complexity index is 1220. The second kappa shape index (κ2) is 16.9. The van der Waals surface area contributed by atoms with Crippen LogP contribution in [0.25, 0.3) is 0 Å². The summed E-state index contributed by atoms with van der Waals surface area (Å²) in [4.78, 5) is 58.2. The van der Waals surface area contributed by atoms with Crippen LogP contribution in [-0.4, -0.2) is 71.7 Å². The summed E-state index contributed by atoms with van der Waals surface area (Å²) >= 11 is 0. The normalized spacial score (nSPS) is 24.2. The van der Waals surface area contributed by atoms with E-state index >= 15 is 0 Å². The molecular weight excluding hydrogens is 554 g/mol. The predicted octanol–water partition coefficient (Wildman–Crippen LogP) is 3.95. The fourth-order valence-corrected chi connectivity index (χ4v) is 6.36. The van der Waals surface area contributed by atoms with Gasteiger partial charge < -0.3 is 20.9 Å². The van der Waals surface area contributed by atoms with Gasteiger partial charge in [-0.1, -0.05) is 80.9 Å². The van der Waals surface area contributed by atoms with Crippen molar-refractivity contribution in [1.29, 1.82) is 0 Å². The number of rotatable bonds is 4. The van der Waals surface area contributed by atoms with Crippen LogP contribution in [0, 0.1) is 5.92 Å². The molecule has 9 heteroatoms. The first-order valence-electron chi connectivity index (χ1n) is 16.3. The van der Waals surface area contributed by atoms with E-state index in [-0.39, 0.29) is 29.5 Å². The van der Waals surface area contributed by atoms with Gasteiger partial charge in [-0.05, 0) is 55.6 Å². The summed E-state index contributed by atoms with van der Waals surface area (Å²) in [6.07, 6.45) is 5.71. The number of nitrogens with one attached hydrogen (secondary N) is 3. The third-order valence-corrected chi connectivity index (χ3v) is 8.59. The Balaban J connectivity index is 1.67. The fourth-order valence-electron chi connectivity index (χ4n) is 6.36. The molecule has 238 valence electrons. The van der Waals surface area contributed by atoms with E-state index in [0.717, 1.165) is 49.7 Å². The van der Waals surface area contributed by atoms with Gasteiger partial charge in [-0.3, -0.25) is 24.1 Å². The second-order valence-electron chi connectivity index (χ2n) is 12.3. The molecule has 2 aliphatic rings. The molecule has 44 heavy (non-hydrogen) atoms. The second-order valence-corrected chi connectivity index (χ2v) is 12.3. The standard InChI is InChI=1S/C35H49N5O4/c1-26(2)31-33(42)37-22-11-5-10-20-30(41)36-21-12-13-23-38-34(43)32(28-17-8-4-9-18-28)39-24-14-19-29(39)35(44)40(31)25-27-15-6-3-7-16-27/h3-4,6-9,15-18,26,29,31-32H,5,10-14,19-25H2,1-2H3,(H,36,41)(H,37,42)(H,38,43)/t29-,31?,32?/m1/s1. The Morgan fingerprint density at radius 3 is 2.02 bits per heavy atom. The van der Waals surface area contributed by atoms with Gasteiger partial charge in [-0.25, -0.2) is 0 Å². The van der Waals surface area contributed by atoms with E-state index in [1.165, 1.54) is 0 Å². The molecule has 2 aromatic carbocycles. The van der Waals surface area contributed by atoms with E-state index < -0.39 is 18.1 Å². The first-order valence-corrected chi connectivity index (χ1v) is 16.3. The Labute approximate surface area is 262 Å². The summed E-state index contributed by atoms with van der Waals surface area (Å²) in [6, 6.07) is 17.6. The molecule has 3 atom stereocenters. The maximum Gasteiger partial charge on any atom is 0.243 e. The molecule has 4 rings (SSSR count). The summed E-state index contributed by atoms with van der Waals surface area (Å²) < 4.78 is 0. The largest absolute Gasteiger partial charge is 0.356 e. The van der Waals surface area contributed by atoms with Crippen molar-refractivity contribution in [2.75, 3.05) is 26.2 Å². The third kappa shape index (κ3) is 9.14. The van der Waals surface area contributed by atoms with Crippen LogP contribution in [0.4, 0.5) is 0 Å². The first-order chi connectivity index (χ1) is 21.4. The predicted molar refractivity (Wildman–Crippen MR) is 171 cm³/mol. The fraction of sp³-hybridized carbons (Fsp3) is 0.543. The summed E-state index contributed by atoms with van der Waals surface area (Å²) in [5, 5.41) is 9.16. The quantitative estimate of drug-likeness (QED) is 0.490. The number of carbonyl (C=O) groups is 4. The van der Waals surface area contributed by atoms with E-state index in [1.54, 1.807) is 4.90 Å². The van der Waals surface area contributed by atoms with Gasteiger partial charge in [0.05, 0.1) is 6.04 Å². The number of fused-ring (bicyclic) bond motifs is 1. The van der Waals surface area contributed by atoms with Crippen molar-refractivity contribution >= 4 is 23.6 Å². The molecule has 0 aromatic heterocycles.